The molecule has 0 unspecified atom stereocenters. The van der Waals surface area contributed by atoms with E-state index >= 15 is 0 Å². The second-order valence-corrected chi connectivity index (χ2v) is 6.74. The fourth-order valence-corrected chi connectivity index (χ4v) is 2.40. The van der Waals surface area contributed by atoms with Gasteiger partial charge in [-0.25, -0.2) is 0 Å². The minimum atomic E-state index is 0.188. The maximum Gasteiger partial charge on any atom is 0.190 e. The molecular formula is C17H32N4O2. The van der Waals surface area contributed by atoms with Crippen LogP contribution in [0.25, 0.3) is 0 Å². The first kappa shape index (κ1) is 19.5. The van der Waals surface area contributed by atoms with Crippen LogP contribution in [0.4, 0.5) is 0 Å². The van der Waals surface area contributed by atoms with Gasteiger partial charge in [0.25, 0.3) is 0 Å². The van der Waals surface area contributed by atoms with Gasteiger partial charge >= 0.3 is 0 Å². The highest BCUT2D eigenvalue weighted by atomic mass is 16.5. The number of aliphatic imine (C=N–C) groups is 1. The van der Waals surface area contributed by atoms with Gasteiger partial charge in [0.1, 0.15) is 12.4 Å². The van der Waals surface area contributed by atoms with Crippen LogP contribution < -0.4 is 10.6 Å². The van der Waals surface area contributed by atoms with Crippen molar-refractivity contribution in [1.82, 2.24) is 15.5 Å². The predicted molar refractivity (Wildman–Crippen MR) is 94.7 cm³/mol. The summed E-state index contributed by atoms with van der Waals surface area (Å²) in [4.78, 5) is 6.46. The van der Waals surface area contributed by atoms with E-state index in [4.69, 9.17) is 9.15 Å². The van der Waals surface area contributed by atoms with Crippen molar-refractivity contribution in [3.8, 4) is 0 Å². The summed E-state index contributed by atoms with van der Waals surface area (Å²) in [5, 5.41) is 6.70. The smallest absolute Gasteiger partial charge is 0.190 e. The lowest BCUT2D eigenvalue weighted by atomic mass is 9.93. The molecule has 23 heavy (non-hydrogen) atoms. The van der Waals surface area contributed by atoms with Crippen molar-refractivity contribution >= 4 is 5.96 Å². The first-order chi connectivity index (χ1) is 10.9. The van der Waals surface area contributed by atoms with Crippen molar-refractivity contribution in [2.45, 2.75) is 26.9 Å². The number of guanidine groups is 1. The molecule has 0 aliphatic carbocycles. The molecule has 2 N–H and O–H groups in total. The fourth-order valence-electron chi connectivity index (χ4n) is 2.40. The van der Waals surface area contributed by atoms with Gasteiger partial charge in [-0.1, -0.05) is 13.8 Å². The van der Waals surface area contributed by atoms with Crippen molar-refractivity contribution in [2.75, 3.05) is 47.4 Å². The van der Waals surface area contributed by atoms with Gasteiger partial charge < -0.3 is 24.7 Å². The molecule has 1 aromatic heterocycles. The summed E-state index contributed by atoms with van der Waals surface area (Å²) in [5.41, 5.74) is 0.188. The number of hydrogen-bond acceptors (Lipinski definition) is 4. The number of nitrogens with one attached hydrogen (secondary N) is 2. The molecule has 6 nitrogen and oxygen atoms in total. The number of hydrogen-bond donors (Lipinski definition) is 2. The third-order valence-corrected chi connectivity index (χ3v) is 3.28. The molecular weight excluding hydrogens is 292 g/mol. The topological polar surface area (TPSA) is 62.0 Å². The Morgan fingerprint density at radius 3 is 2.74 bits per heavy atom. The van der Waals surface area contributed by atoms with Gasteiger partial charge in [-0.3, -0.25) is 4.99 Å². The van der Waals surface area contributed by atoms with Crippen molar-refractivity contribution in [3.05, 3.63) is 24.2 Å². The Bertz CT molecular complexity index is 441. The highest BCUT2D eigenvalue weighted by Crippen LogP contribution is 2.13. The quantitative estimate of drug-likeness (QED) is 0.391. The molecule has 1 rings (SSSR count). The standard InChI is InChI=1S/C17H32N4O2/c1-17(2,14-21(4)5)13-20-16(18-3)19-9-7-10-22-12-15-8-6-11-23-15/h6,8,11H,7,9-10,12-14H2,1-5H3,(H2,18,19,20). The summed E-state index contributed by atoms with van der Waals surface area (Å²) in [6.45, 7) is 8.43. The first-order valence-corrected chi connectivity index (χ1v) is 8.12. The summed E-state index contributed by atoms with van der Waals surface area (Å²) in [6.07, 6.45) is 2.58. The van der Waals surface area contributed by atoms with Crippen LogP contribution in [0.3, 0.4) is 0 Å². The highest BCUT2D eigenvalue weighted by molar-refractivity contribution is 5.79. The molecule has 0 aliphatic rings. The van der Waals surface area contributed by atoms with Gasteiger partial charge in [-0.2, -0.15) is 0 Å². The zero-order valence-electron chi connectivity index (χ0n) is 15.2. The van der Waals surface area contributed by atoms with Crippen LogP contribution in [-0.2, 0) is 11.3 Å². The van der Waals surface area contributed by atoms with Crippen LogP contribution in [0.5, 0.6) is 0 Å². The van der Waals surface area contributed by atoms with E-state index in [-0.39, 0.29) is 5.41 Å². The predicted octanol–water partition coefficient (Wildman–Crippen LogP) is 1.94. The summed E-state index contributed by atoms with van der Waals surface area (Å²) in [7, 11) is 5.98. The van der Waals surface area contributed by atoms with Crippen molar-refractivity contribution < 1.29 is 9.15 Å². The average molecular weight is 324 g/mol. The molecule has 1 aromatic rings. The van der Waals surface area contributed by atoms with Crippen LogP contribution in [-0.4, -0.2) is 58.2 Å². The lowest BCUT2D eigenvalue weighted by Gasteiger charge is -2.29. The molecule has 0 saturated heterocycles. The van der Waals surface area contributed by atoms with Crippen LogP contribution in [0, 0.1) is 5.41 Å². The van der Waals surface area contributed by atoms with Crippen molar-refractivity contribution in [2.24, 2.45) is 10.4 Å². The third-order valence-electron chi connectivity index (χ3n) is 3.28. The molecule has 0 amide bonds. The van der Waals surface area contributed by atoms with E-state index in [1.54, 1.807) is 13.3 Å². The van der Waals surface area contributed by atoms with Crippen LogP contribution in [0.2, 0.25) is 0 Å². The normalized spacial score (nSPS) is 12.7. The van der Waals surface area contributed by atoms with Gasteiger partial charge in [-0.05, 0) is 38.1 Å². The second kappa shape index (κ2) is 10.3. The Kier molecular flexibility index (Phi) is 8.73. The Morgan fingerprint density at radius 1 is 1.35 bits per heavy atom. The third kappa shape index (κ3) is 9.25. The van der Waals surface area contributed by atoms with Crippen LogP contribution >= 0.6 is 0 Å². The molecule has 0 aliphatic heterocycles. The Morgan fingerprint density at radius 2 is 2.13 bits per heavy atom. The molecule has 0 spiro atoms. The number of furan rings is 1. The molecule has 0 bridgehead atoms. The van der Waals surface area contributed by atoms with E-state index < -0.39 is 0 Å². The summed E-state index contributed by atoms with van der Waals surface area (Å²) < 4.78 is 10.8. The summed E-state index contributed by atoms with van der Waals surface area (Å²) in [5.74, 6) is 1.70. The fraction of sp³-hybridized carbons (Fsp3) is 0.706. The van der Waals surface area contributed by atoms with Crippen LogP contribution in [0.1, 0.15) is 26.0 Å². The lowest BCUT2D eigenvalue weighted by molar-refractivity contribution is 0.105. The van der Waals surface area contributed by atoms with Gasteiger partial charge in [0.05, 0.1) is 6.26 Å². The first-order valence-electron chi connectivity index (χ1n) is 8.12. The van der Waals surface area contributed by atoms with Gasteiger partial charge in [0, 0.05) is 33.3 Å². The van der Waals surface area contributed by atoms with Gasteiger partial charge in [0.2, 0.25) is 0 Å². The van der Waals surface area contributed by atoms with Crippen molar-refractivity contribution in [3.63, 3.8) is 0 Å². The Balaban J connectivity index is 2.11. The number of rotatable bonds is 10. The molecule has 0 saturated carbocycles. The largest absolute Gasteiger partial charge is 0.467 e. The van der Waals surface area contributed by atoms with E-state index in [0.29, 0.717) is 13.2 Å². The van der Waals surface area contributed by atoms with E-state index in [9.17, 15) is 0 Å². The van der Waals surface area contributed by atoms with Gasteiger partial charge in [0.15, 0.2) is 5.96 Å². The number of ether oxygens (including phenoxy) is 1. The van der Waals surface area contributed by atoms with Crippen LogP contribution in [0.15, 0.2) is 27.8 Å². The molecule has 0 atom stereocenters. The molecule has 0 aromatic carbocycles. The van der Waals surface area contributed by atoms with E-state index in [2.05, 4.69) is 48.5 Å². The Labute approximate surface area is 140 Å². The van der Waals surface area contributed by atoms with E-state index in [1.807, 2.05) is 12.1 Å². The Hall–Kier alpha value is -1.53. The molecule has 132 valence electrons. The minimum absolute atomic E-state index is 0.188. The molecule has 0 fully saturated rings. The average Bonchev–Trinajstić information content (AvgIpc) is 2.97. The molecule has 6 heteroatoms. The lowest BCUT2D eigenvalue weighted by Crippen LogP contribution is -2.45. The number of nitrogens with zero attached hydrogens (tertiary/aromatic N) is 2. The maximum atomic E-state index is 5.55. The highest BCUT2D eigenvalue weighted by Gasteiger charge is 2.19. The molecule has 1 heterocycles. The zero-order valence-corrected chi connectivity index (χ0v) is 15.2. The second-order valence-electron chi connectivity index (χ2n) is 6.74. The maximum absolute atomic E-state index is 5.55. The van der Waals surface area contributed by atoms with E-state index in [0.717, 1.165) is 37.8 Å². The SMILES string of the molecule is CN=C(NCCCOCc1ccco1)NCC(C)(C)CN(C)C. The molecule has 0 radical (unpaired) electrons. The zero-order chi connectivity index (χ0) is 17.1. The van der Waals surface area contributed by atoms with Gasteiger partial charge in [-0.15, -0.1) is 0 Å². The van der Waals surface area contributed by atoms with E-state index in [1.165, 1.54) is 0 Å². The monoisotopic (exact) mass is 324 g/mol. The summed E-state index contributed by atoms with van der Waals surface area (Å²) in [6, 6.07) is 3.78. The minimum Gasteiger partial charge on any atom is -0.467 e. The summed E-state index contributed by atoms with van der Waals surface area (Å²) >= 11 is 0. The van der Waals surface area contributed by atoms with Crippen molar-refractivity contribution in [1.29, 1.82) is 0 Å².